The van der Waals surface area contributed by atoms with Gasteiger partial charge in [0, 0.05) is 13.1 Å². The first-order chi connectivity index (χ1) is 8.04. The Morgan fingerprint density at radius 1 is 1.44 bits per heavy atom. The fraction of sp³-hybridized carbons (Fsp3) is 0.929. The average molecular weight is 277 g/mol. The predicted octanol–water partition coefficient (Wildman–Crippen LogP) is 2.82. The third-order valence-corrected chi connectivity index (χ3v) is 3.55. The van der Waals surface area contributed by atoms with Crippen LogP contribution in [0.15, 0.2) is 0 Å². The van der Waals surface area contributed by atoms with E-state index in [1.165, 1.54) is 12.8 Å². The Morgan fingerprint density at radius 2 is 2.11 bits per heavy atom. The molecule has 1 rings (SSSR count). The molecule has 0 saturated carbocycles. The van der Waals surface area contributed by atoms with Crippen molar-refractivity contribution < 1.29 is 4.79 Å². The molecule has 18 heavy (non-hydrogen) atoms. The molecule has 2 atom stereocenters. The summed E-state index contributed by atoms with van der Waals surface area (Å²) in [6, 6.07) is -0.280. The van der Waals surface area contributed by atoms with Crippen molar-refractivity contribution in [3.63, 3.8) is 0 Å². The third kappa shape index (κ3) is 5.57. The number of halogens is 1. The number of hydrogen-bond donors (Lipinski definition) is 1. The second-order valence-corrected chi connectivity index (χ2v) is 5.82. The van der Waals surface area contributed by atoms with Gasteiger partial charge in [0.25, 0.3) is 0 Å². The maximum Gasteiger partial charge on any atom is 0.239 e. The lowest BCUT2D eigenvalue weighted by Gasteiger charge is -2.35. The number of carbonyl (C=O) groups excluding carboxylic acids is 1. The zero-order valence-corrected chi connectivity index (χ0v) is 12.8. The Balaban J connectivity index is 0.00000289. The van der Waals surface area contributed by atoms with Crippen LogP contribution >= 0.6 is 12.4 Å². The molecular formula is C14H29ClN2O. The molecule has 0 aliphatic carbocycles. The summed E-state index contributed by atoms with van der Waals surface area (Å²) in [5.41, 5.74) is 5.91. The van der Waals surface area contributed by atoms with Crippen molar-refractivity contribution in [2.24, 2.45) is 17.6 Å². The summed E-state index contributed by atoms with van der Waals surface area (Å²) in [7, 11) is 0. The predicted molar refractivity (Wildman–Crippen MR) is 78.9 cm³/mol. The van der Waals surface area contributed by atoms with Crippen molar-refractivity contribution in [3.8, 4) is 0 Å². The van der Waals surface area contributed by atoms with Crippen LogP contribution in [0.3, 0.4) is 0 Å². The van der Waals surface area contributed by atoms with Crippen LogP contribution < -0.4 is 5.73 Å². The van der Waals surface area contributed by atoms with E-state index in [0.717, 1.165) is 38.3 Å². The Morgan fingerprint density at radius 3 is 2.67 bits per heavy atom. The van der Waals surface area contributed by atoms with Crippen LogP contribution in [0.2, 0.25) is 0 Å². The third-order valence-electron chi connectivity index (χ3n) is 3.55. The lowest BCUT2D eigenvalue weighted by Crippen LogP contribution is -2.48. The van der Waals surface area contributed by atoms with Crippen LogP contribution in [0.25, 0.3) is 0 Å². The van der Waals surface area contributed by atoms with Gasteiger partial charge in [-0.1, -0.05) is 27.2 Å². The van der Waals surface area contributed by atoms with Gasteiger partial charge in [-0.25, -0.2) is 0 Å². The highest BCUT2D eigenvalue weighted by Gasteiger charge is 2.26. The number of rotatable bonds is 5. The van der Waals surface area contributed by atoms with E-state index in [2.05, 4.69) is 20.8 Å². The van der Waals surface area contributed by atoms with Gasteiger partial charge < -0.3 is 10.6 Å². The molecule has 108 valence electrons. The summed E-state index contributed by atoms with van der Waals surface area (Å²) in [4.78, 5) is 14.1. The van der Waals surface area contributed by atoms with Crippen molar-refractivity contribution in [2.45, 2.75) is 58.9 Å². The molecule has 1 heterocycles. The molecule has 1 fully saturated rings. The molecule has 4 heteroatoms. The van der Waals surface area contributed by atoms with Crippen LogP contribution in [-0.4, -0.2) is 29.9 Å². The largest absolute Gasteiger partial charge is 0.341 e. The monoisotopic (exact) mass is 276 g/mol. The number of nitrogens with zero attached hydrogens (tertiary/aromatic N) is 1. The van der Waals surface area contributed by atoms with Crippen molar-refractivity contribution >= 4 is 18.3 Å². The number of carbonyl (C=O) groups is 1. The maximum atomic E-state index is 12.1. The van der Waals surface area contributed by atoms with Crippen LogP contribution in [0, 0.1) is 11.8 Å². The van der Waals surface area contributed by atoms with Gasteiger partial charge >= 0.3 is 0 Å². The molecule has 1 aliphatic heterocycles. The van der Waals surface area contributed by atoms with E-state index >= 15 is 0 Å². The van der Waals surface area contributed by atoms with Crippen molar-refractivity contribution in [3.05, 3.63) is 0 Å². The Bertz CT molecular complexity index is 246. The highest BCUT2D eigenvalue weighted by Crippen LogP contribution is 2.23. The van der Waals surface area contributed by atoms with Gasteiger partial charge in [-0.05, 0) is 37.5 Å². The molecule has 0 aromatic heterocycles. The van der Waals surface area contributed by atoms with Crippen molar-refractivity contribution in [1.29, 1.82) is 0 Å². The van der Waals surface area contributed by atoms with E-state index in [9.17, 15) is 4.79 Å². The Hall–Kier alpha value is -0.280. The minimum absolute atomic E-state index is 0. The number of likely N-dealkylation sites (tertiary alicyclic amines) is 1. The molecule has 1 amide bonds. The highest BCUT2D eigenvalue weighted by molar-refractivity contribution is 5.85. The molecule has 1 saturated heterocycles. The molecule has 0 aromatic rings. The fourth-order valence-electron chi connectivity index (χ4n) is 2.79. The molecule has 0 bridgehead atoms. The number of amides is 1. The van der Waals surface area contributed by atoms with E-state index in [1.54, 1.807) is 0 Å². The molecule has 0 radical (unpaired) electrons. The standard InChI is InChI=1S/C14H28N2O.ClH/c1-4-6-13(15)14(17)16-8-5-7-12(10-16)9-11(2)3;/h11-13H,4-10,15H2,1-3H3;1H. The zero-order valence-electron chi connectivity index (χ0n) is 12.0. The number of piperidine rings is 1. The van der Waals surface area contributed by atoms with E-state index in [4.69, 9.17) is 5.73 Å². The SMILES string of the molecule is CCCC(N)C(=O)N1CCCC(CC(C)C)C1.Cl. The van der Waals surface area contributed by atoms with E-state index < -0.39 is 0 Å². The Kier molecular flexibility index (Phi) is 8.62. The first kappa shape index (κ1) is 17.7. The van der Waals surface area contributed by atoms with Crippen LogP contribution in [0.4, 0.5) is 0 Å². The topological polar surface area (TPSA) is 46.3 Å². The molecule has 0 spiro atoms. The van der Waals surface area contributed by atoms with Gasteiger partial charge in [-0.15, -0.1) is 12.4 Å². The number of hydrogen-bond acceptors (Lipinski definition) is 2. The number of nitrogens with two attached hydrogens (primary N) is 1. The zero-order chi connectivity index (χ0) is 12.8. The summed E-state index contributed by atoms with van der Waals surface area (Å²) in [6.07, 6.45) is 5.43. The molecule has 2 N–H and O–H groups in total. The molecule has 2 unspecified atom stereocenters. The van der Waals surface area contributed by atoms with E-state index in [0.29, 0.717) is 5.92 Å². The van der Waals surface area contributed by atoms with E-state index in [-0.39, 0.29) is 24.4 Å². The second kappa shape index (κ2) is 8.76. The Labute approximate surface area is 118 Å². The summed E-state index contributed by atoms with van der Waals surface area (Å²) in [6.45, 7) is 8.41. The lowest BCUT2D eigenvalue weighted by atomic mass is 9.89. The summed E-state index contributed by atoms with van der Waals surface area (Å²) in [5, 5.41) is 0. The normalized spacial score (nSPS) is 21.6. The minimum atomic E-state index is -0.280. The lowest BCUT2D eigenvalue weighted by molar-refractivity contribution is -0.134. The van der Waals surface area contributed by atoms with Gasteiger partial charge in [0.05, 0.1) is 6.04 Å². The smallest absolute Gasteiger partial charge is 0.239 e. The van der Waals surface area contributed by atoms with E-state index in [1.807, 2.05) is 4.90 Å². The quantitative estimate of drug-likeness (QED) is 0.839. The van der Waals surface area contributed by atoms with Gasteiger partial charge in [0.1, 0.15) is 0 Å². The molecule has 3 nitrogen and oxygen atoms in total. The summed E-state index contributed by atoms with van der Waals surface area (Å²) < 4.78 is 0. The van der Waals surface area contributed by atoms with Crippen molar-refractivity contribution in [2.75, 3.05) is 13.1 Å². The fourth-order valence-corrected chi connectivity index (χ4v) is 2.79. The van der Waals surface area contributed by atoms with Crippen LogP contribution in [0.1, 0.15) is 52.9 Å². The average Bonchev–Trinajstić information content (AvgIpc) is 2.28. The van der Waals surface area contributed by atoms with Gasteiger partial charge in [0.2, 0.25) is 5.91 Å². The first-order valence-electron chi connectivity index (χ1n) is 7.09. The summed E-state index contributed by atoms with van der Waals surface area (Å²) >= 11 is 0. The summed E-state index contributed by atoms with van der Waals surface area (Å²) in [5.74, 6) is 1.57. The van der Waals surface area contributed by atoms with Crippen LogP contribution in [-0.2, 0) is 4.79 Å². The molecular weight excluding hydrogens is 248 g/mol. The first-order valence-corrected chi connectivity index (χ1v) is 7.09. The highest BCUT2D eigenvalue weighted by atomic mass is 35.5. The maximum absolute atomic E-state index is 12.1. The van der Waals surface area contributed by atoms with Gasteiger partial charge in [-0.2, -0.15) is 0 Å². The molecule has 1 aliphatic rings. The van der Waals surface area contributed by atoms with Gasteiger partial charge in [-0.3, -0.25) is 4.79 Å². The van der Waals surface area contributed by atoms with Crippen molar-refractivity contribution in [1.82, 2.24) is 4.90 Å². The van der Waals surface area contributed by atoms with Crippen LogP contribution in [0.5, 0.6) is 0 Å². The molecule has 0 aromatic carbocycles. The van der Waals surface area contributed by atoms with Gasteiger partial charge in [0.15, 0.2) is 0 Å². The minimum Gasteiger partial charge on any atom is -0.341 e. The second-order valence-electron chi connectivity index (χ2n) is 5.82.